The van der Waals surface area contributed by atoms with Gasteiger partial charge in [-0.3, -0.25) is 9.59 Å². The van der Waals surface area contributed by atoms with Gasteiger partial charge in [-0.15, -0.1) is 0 Å². The summed E-state index contributed by atoms with van der Waals surface area (Å²) in [6.07, 6.45) is 1.86. The summed E-state index contributed by atoms with van der Waals surface area (Å²) in [4.78, 5) is 22.9. The van der Waals surface area contributed by atoms with Crippen molar-refractivity contribution in [3.05, 3.63) is 28.2 Å². The van der Waals surface area contributed by atoms with E-state index in [9.17, 15) is 9.59 Å². The molecule has 1 aliphatic rings. The maximum absolute atomic E-state index is 11.5. The quantitative estimate of drug-likeness (QED) is 0.811. The second-order valence-corrected chi connectivity index (χ2v) is 4.67. The number of anilines is 1. The molecule has 6 heteroatoms. The van der Waals surface area contributed by atoms with Gasteiger partial charge in [0.15, 0.2) is 0 Å². The van der Waals surface area contributed by atoms with E-state index in [1.165, 1.54) is 6.07 Å². The first-order valence-corrected chi connectivity index (χ1v) is 5.89. The third-order valence-electron chi connectivity index (χ3n) is 2.30. The molecule has 0 unspecified atom stereocenters. The molecule has 0 heterocycles. The molecule has 2 N–H and O–H groups in total. The Morgan fingerprint density at radius 3 is 2.47 bits per heavy atom. The van der Waals surface area contributed by atoms with E-state index in [1.54, 1.807) is 12.1 Å². The Kier molecular flexibility index (Phi) is 3.54. The third kappa shape index (κ3) is 3.35. The van der Waals surface area contributed by atoms with Gasteiger partial charge in [0.1, 0.15) is 0 Å². The summed E-state index contributed by atoms with van der Waals surface area (Å²) in [6.45, 7) is 0. The van der Waals surface area contributed by atoms with E-state index in [-0.39, 0.29) is 6.04 Å². The summed E-state index contributed by atoms with van der Waals surface area (Å²) < 4.78 is 0. The van der Waals surface area contributed by atoms with Gasteiger partial charge in [0.2, 0.25) is 0 Å². The average Bonchev–Trinajstić information content (AvgIpc) is 3.06. The number of carbonyl (C=O) groups is 2. The van der Waals surface area contributed by atoms with Gasteiger partial charge in [-0.25, -0.2) is 0 Å². The van der Waals surface area contributed by atoms with Crippen LogP contribution in [0.1, 0.15) is 12.8 Å². The van der Waals surface area contributed by atoms with Crippen LogP contribution in [0, 0.1) is 0 Å². The summed E-state index contributed by atoms with van der Waals surface area (Å²) in [5, 5.41) is 5.78. The van der Waals surface area contributed by atoms with Gasteiger partial charge in [0, 0.05) is 11.1 Å². The van der Waals surface area contributed by atoms with E-state index in [0.717, 1.165) is 12.8 Å². The highest BCUT2D eigenvalue weighted by Gasteiger charge is 2.26. The monoisotopic (exact) mass is 272 g/mol. The molecular formula is C11H10Cl2N2O2. The molecule has 4 nitrogen and oxygen atoms in total. The summed E-state index contributed by atoms with van der Waals surface area (Å²) >= 11 is 11.6. The summed E-state index contributed by atoms with van der Waals surface area (Å²) in [5.74, 6) is -1.36. The number of amides is 2. The van der Waals surface area contributed by atoms with Crippen molar-refractivity contribution in [1.82, 2.24) is 5.32 Å². The molecule has 90 valence electrons. The minimum atomic E-state index is -0.721. The number of rotatable bonds is 2. The highest BCUT2D eigenvalue weighted by Crippen LogP contribution is 2.25. The highest BCUT2D eigenvalue weighted by molar-refractivity contribution is 6.42. The lowest BCUT2D eigenvalue weighted by molar-refractivity contribution is -0.136. The third-order valence-corrected chi connectivity index (χ3v) is 2.85. The van der Waals surface area contributed by atoms with Gasteiger partial charge in [0.25, 0.3) is 0 Å². The molecule has 0 aromatic heterocycles. The zero-order valence-electron chi connectivity index (χ0n) is 8.80. The largest absolute Gasteiger partial charge is 0.345 e. The first kappa shape index (κ1) is 12.2. The van der Waals surface area contributed by atoms with Crippen molar-refractivity contribution in [2.45, 2.75) is 18.9 Å². The van der Waals surface area contributed by atoms with Crippen LogP contribution in [0.4, 0.5) is 5.69 Å². The Hall–Kier alpha value is -1.26. The number of hydrogen-bond donors (Lipinski definition) is 2. The van der Waals surface area contributed by atoms with Crippen molar-refractivity contribution >= 4 is 40.7 Å². The lowest BCUT2D eigenvalue weighted by Gasteiger charge is -2.07. The SMILES string of the molecule is O=C(Nc1ccc(Cl)cc1Cl)C(=O)NC1CC1. The van der Waals surface area contributed by atoms with Gasteiger partial charge in [-0.2, -0.15) is 0 Å². The minimum Gasteiger partial charge on any atom is -0.345 e. The van der Waals surface area contributed by atoms with Gasteiger partial charge in [0.05, 0.1) is 10.7 Å². The Morgan fingerprint density at radius 2 is 1.88 bits per heavy atom. The van der Waals surface area contributed by atoms with E-state index in [2.05, 4.69) is 10.6 Å². The van der Waals surface area contributed by atoms with Crippen LogP contribution in [0.2, 0.25) is 10.0 Å². The van der Waals surface area contributed by atoms with Gasteiger partial charge >= 0.3 is 11.8 Å². The number of hydrogen-bond acceptors (Lipinski definition) is 2. The van der Waals surface area contributed by atoms with E-state index in [0.29, 0.717) is 15.7 Å². The van der Waals surface area contributed by atoms with Crippen LogP contribution in [-0.4, -0.2) is 17.9 Å². The molecule has 2 amide bonds. The zero-order chi connectivity index (χ0) is 12.4. The van der Waals surface area contributed by atoms with E-state index in [4.69, 9.17) is 23.2 Å². The predicted octanol–water partition coefficient (Wildman–Crippen LogP) is 2.21. The maximum Gasteiger partial charge on any atom is 0.313 e. The predicted molar refractivity (Wildman–Crippen MR) is 66.3 cm³/mol. The molecule has 1 saturated carbocycles. The average molecular weight is 273 g/mol. The van der Waals surface area contributed by atoms with Crippen LogP contribution >= 0.6 is 23.2 Å². The molecule has 0 saturated heterocycles. The smallest absolute Gasteiger partial charge is 0.313 e. The van der Waals surface area contributed by atoms with Crippen LogP contribution in [0.5, 0.6) is 0 Å². The van der Waals surface area contributed by atoms with E-state index >= 15 is 0 Å². The van der Waals surface area contributed by atoms with Crippen LogP contribution in [0.25, 0.3) is 0 Å². The number of halogens is 2. The topological polar surface area (TPSA) is 58.2 Å². The minimum absolute atomic E-state index is 0.147. The lowest BCUT2D eigenvalue weighted by Crippen LogP contribution is -2.36. The van der Waals surface area contributed by atoms with E-state index in [1.807, 2.05) is 0 Å². The second kappa shape index (κ2) is 4.94. The van der Waals surface area contributed by atoms with Crippen LogP contribution < -0.4 is 10.6 Å². The molecule has 1 fully saturated rings. The molecule has 0 aliphatic heterocycles. The van der Waals surface area contributed by atoms with Gasteiger partial charge < -0.3 is 10.6 Å². The fraction of sp³-hybridized carbons (Fsp3) is 0.273. The molecule has 0 bridgehead atoms. The van der Waals surface area contributed by atoms with Crippen molar-refractivity contribution in [3.8, 4) is 0 Å². The van der Waals surface area contributed by atoms with E-state index < -0.39 is 11.8 Å². The first-order valence-electron chi connectivity index (χ1n) is 5.13. The molecule has 0 radical (unpaired) electrons. The Balaban J connectivity index is 1.99. The molecule has 17 heavy (non-hydrogen) atoms. The maximum atomic E-state index is 11.5. The fourth-order valence-corrected chi connectivity index (χ4v) is 1.70. The normalized spacial score (nSPS) is 14.2. The first-order chi connectivity index (χ1) is 8.06. The van der Waals surface area contributed by atoms with Crippen LogP contribution in [0.3, 0.4) is 0 Å². The van der Waals surface area contributed by atoms with Gasteiger partial charge in [-0.05, 0) is 31.0 Å². The fourth-order valence-electron chi connectivity index (χ4n) is 1.25. The highest BCUT2D eigenvalue weighted by atomic mass is 35.5. The Morgan fingerprint density at radius 1 is 1.18 bits per heavy atom. The second-order valence-electron chi connectivity index (χ2n) is 3.83. The standard InChI is InChI=1S/C11H10Cl2N2O2/c12-6-1-4-9(8(13)5-6)15-11(17)10(16)14-7-2-3-7/h1,4-5,7H,2-3H2,(H,14,16)(H,15,17). The number of carbonyl (C=O) groups excluding carboxylic acids is 2. The molecule has 1 aromatic carbocycles. The molecule has 2 rings (SSSR count). The lowest BCUT2D eigenvalue weighted by atomic mass is 10.3. The number of nitrogens with one attached hydrogen (secondary N) is 2. The Labute approximate surface area is 108 Å². The zero-order valence-corrected chi connectivity index (χ0v) is 10.3. The summed E-state index contributed by atoms with van der Waals surface area (Å²) in [6, 6.07) is 4.78. The Bertz CT molecular complexity index is 473. The molecule has 0 atom stereocenters. The molecule has 0 spiro atoms. The van der Waals surface area contributed by atoms with Gasteiger partial charge in [-0.1, -0.05) is 23.2 Å². The van der Waals surface area contributed by atoms with Crippen molar-refractivity contribution in [3.63, 3.8) is 0 Å². The molecule has 1 aromatic rings. The summed E-state index contributed by atoms with van der Waals surface area (Å²) in [5.41, 5.74) is 0.368. The van der Waals surface area contributed by atoms with Crippen molar-refractivity contribution in [1.29, 1.82) is 0 Å². The van der Waals surface area contributed by atoms with Crippen LogP contribution in [-0.2, 0) is 9.59 Å². The van der Waals surface area contributed by atoms with Crippen molar-refractivity contribution in [2.24, 2.45) is 0 Å². The van der Waals surface area contributed by atoms with Crippen molar-refractivity contribution < 1.29 is 9.59 Å². The van der Waals surface area contributed by atoms with Crippen LogP contribution in [0.15, 0.2) is 18.2 Å². The van der Waals surface area contributed by atoms with Crippen molar-refractivity contribution in [2.75, 3.05) is 5.32 Å². The molecule has 1 aliphatic carbocycles. The number of benzene rings is 1. The summed E-state index contributed by atoms with van der Waals surface area (Å²) in [7, 11) is 0. The molecular weight excluding hydrogens is 263 g/mol.